The Bertz CT molecular complexity index is 463. The average molecular weight is 296 g/mol. The van der Waals surface area contributed by atoms with Crippen LogP contribution in [-0.2, 0) is 10.0 Å². The molecule has 0 aliphatic heterocycles. The van der Waals surface area contributed by atoms with E-state index in [1.807, 2.05) is 13.8 Å². The third kappa shape index (κ3) is 8.47. The van der Waals surface area contributed by atoms with Gasteiger partial charge in [-0.1, -0.05) is 25.8 Å². The van der Waals surface area contributed by atoms with Gasteiger partial charge in [-0.3, -0.25) is 4.72 Å². The van der Waals surface area contributed by atoms with Crippen LogP contribution in [0.3, 0.4) is 0 Å². The Morgan fingerprint density at radius 1 is 1.39 bits per heavy atom. The number of hydrogen-bond acceptors (Lipinski definition) is 3. The van der Waals surface area contributed by atoms with Gasteiger partial charge in [0.15, 0.2) is 0 Å². The summed E-state index contributed by atoms with van der Waals surface area (Å²) in [5.41, 5.74) is 4.36. The summed E-state index contributed by atoms with van der Waals surface area (Å²) in [4.78, 5) is 5.16. The van der Waals surface area contributed by atoms with Gasteiger partial charge in [0.1, 0.15) is 5.75 Å². The fraction of sp³-hybridized carbons (Fsp3) is 0.455. The first kappa shape index (κ1) is 18.4. The monoisotopic (exact) mass is 296 g/mol. The van der Waals surface area contributed by atoms with Gasteiger partial charge in [-0.25, -0.2) is 8.42 Å². The van der Waals surface area contributed by atoms with Crippen molar-refractivity contribution in [3.05, 3.63) is 29.7 Å². The second-order valence-corrected chi connectivity index (χ2v) is 5.95. The van der Waals surface area contributed by atoms with Crippen molar-refractivity contribution in [2.75, 3.05) is 17.5 Å². The molecular weight excluding hydrogens is 279 g/mol. The summed E-state index contributed by atoms with van der Waals surface area (Å²) in [5.74, 6) is 0.937. The van der Waals surface area contributed by atoms with Crippen molar-refractivity contribution >= 4 is 15.7 Å². The first-order valence-corrected chi connectivity index (χ1v) is 7.17. The first-order chi connectivity index (χ1) is 7.87. The Morgan fingerprint density at radius 3 is 2.61 bits per heavy atom. The smallest absolute Gasteiger partial charge is 0.587 e. The molecule has 0 saturated carbocycles. The summed E-state index contributed by atoms with van der Waals surface area (Å²) in [5, 5.41) is 0. The Hall–Kier alpha value is 0.366. The van der Waals surface area contributed by atoms with Crippen molar-refractivity contribution in [3.8, 4) is 5.75 Å². The van der Waals surface area contributed by atoms with Crippen LogP contribution < -0.4 is 60.9 Å². The van der Waals surface area contributed by atoms with E-state index in [2.05, 4.69) is 10.2 Å². The molecule has 1 aromatic carbocycles. The minimum Gasteiger partial charge on any atom is -0.587 e. The summed E-state index contributed by atoms with van der Waals surface area (Å²) in [6, 6.07) is 6.66. The standard InChI is InChI=1S/C11H17N2O3S.K/c1-9(2)8-12-16-11-6-4-5-10(7-11)13-17(3,14)15;/h4-7,9,13H,8H2,1-3H3;/q-1;+1. The van der Waals surface area contributed by atoms with Crippen LogP contribution >= 0.6 is 0 Å². The number of hydrogen-bond donors (Lipinski definition) is 1. The molecular formula is C11H17KN2O3S. The van der Waals surface area contributed by atoms with Crippen molar-refractivity contribution in [1.82, 2.24) is 0 Å². The Labute approximate surface area is 151 Å². The summed E-state index contributed by atoms with van der Waals surface area (Å²) in [6.45, 7) is 4.67. The van der Waals surface area contributed by atoms with Crippen LogP contribution in [0.25, 0.3) is 5.48 Å². The van der Waals surface area contributed by atoms with Gasteiger partial charge >= 0.3 is 51.4 Å². The maximum Gasteiger partial charge on any atom is 1.00 e. The van der Waals surface area contributed by atoms with Crippen molar-refractivity contribution in [1.29, 1.82) is 0 Å². The molecule has 0 aliphatic carbocycles. The van der Waals surface area contributed by atoms with Crippen LogP contribution in [-0.4, -0.2) is 21.2 Å². The van der Waals surface area contributed by atoms with Crippen LogP contribution in [0.2, 0.25) is 0 Å². The third-order valence-electron chi connectivity index (χ3n) is 1.75. The molecule has 0 heterocycles. The molecule has 0 aliphatic rings. The van der Waals surface area contributed by atoms with Crippen molar-refractivity contribution in [2.24, 2.45) is 5.92 Å². The molecule has 18 heavy (non-hydrogen) atoms. The van der Waals surface area contributed by atoms with E-state index in [9.17, 15) is 8.42 Å². The van der Waals surface area contributed by atoms with E-state index in [1.54, 1.807) is 24.3 Å². The van der Waals surface area contributed by atoms with Crippen LogP contribution in [0.4, 0.5) is 5.69 Å². The normalized spacial score (nSPS) is 10.9. The van der Waals surface area contributed by atoms with Crippen LogP contribution in [0.5, 0.6) is 5.75 Å². The maximum atomic E-state index is 11.0. The molecule has 1 rings (SSSR count). The van der Waals surface area contributed by atoms with Gasteiger partial charge in [0, 0.05) is 6.07 Å². The molecule has 0 bridgehead atoms. The average Bonchev–Trinajstić information content (AvgIpc) is 2.14. The van der Waals surface area contributed by atoms with Gasteiger partial charge in [0.2, 0.25) is 10.0 Å². The van der Waals surface area contributed by atoms with E-state index in [0.29, 0.717) is 23.9 Å². The number of nitrogens with zero attached hydrogens (tertiary/aromatic N) is 1. The van der Waals surface area contributed by atoms with E-state index in [4.69, 9.17) is 4.84 Å². The van der Waals surface area contributed by atoms with E-state index >= 15 is 0 Å². The van der Waals surface area contributed by atoms with Crippen LogP contribution in [0.15, 0.2) is 24.3 Å². The number of sulfonamides is 1. The molecule has 7 heteroatoms. The van der Waals surface area contributed by atoms with Gasteiger partial charge in [-0.05, 0) is 12.1 Å². The molecule has 96 valence electrons. The molecule has 0 unspecified atom stereocenters. The molecule has 0 saturated heterocycles. The molecule has 0 spiro atoms. The number of rotatable bonds is 6. The number of hydroxylamine groups is 1. The van der Waals surface area contributed by atoms with E-state index in [-0.39, 0.29) is 51.4 Å². The van der Waals surface area contributed by atoms with Gasteiger partial charge < -0.3 is 10.3 Å². The van der Waals surface area contributed by atoms with Crippen molar-refractivity contribution in [3.63, 3.8) is 0 Å². The summed E-state index contributed by atoms with van der Waals surface area (Å²) in [7, 11) is -3.26. The molecule has 0 aromatic heterocycles. The van der Waals surface area contributed by atoms with Gasteiger partial charge in [0.05, 0.1) is 11.9 Å². The number of nitrogens with one attached hydrogen (secondary N) is 1. The van der Waals surface area contributed by atoms with Crippen molar-refractivity contribution in [2.45, 2.75) is 13.8 Å². The zero-order chi connectivity index (χ0) is 12.9. The van der Waals surface area contributed by atoms with Crippen LogP contribution in [0.1, 0.15) is 13.8 Å². The topological polar surface area (TPSA) is 69.5 Å². The number of anilines is 1. The Balaban J connectivity index is 0.00000289. The molecule has 5 nitrogen and oxygen atoms in total. The first-order valence-electron chi connectivity index (χ1n) is 5.28. The minimum atomic E-state index is -3.26. The zero-order valence-electron chi connectivity index (χ0n) is 11.2. The SMILES string of the molecule is CC(C)C[N-]Oc1cccc(NS(C)(=O)=O)c1.[K+]. The minimum absolute atomic E-state index is 0. The molecule has 1 aromatic rings. The maximum absolute atomic E-state index is 11.0. The third-order valence-corrected chi connectivity index (χ3v) is 2.35. The molecule has 0 amide bonds. The second-order valence-electron chi connectivity index (χ2n) is 4.20. The van der Waals surface area contributed by atoms with Crippen LogP contribution in [0, 0.1) is 5.92 Å². The fourth-order valence-corrected chi connectivity index (χ4v) is 1.65. The summed E-state index contributed by atoms with van der Waals surface area (Å²) >= 11 is 0. The zero-order valence-corrected chi connectivity index (χ0v) is 15.1. The molecule has 0 atom stereocenters. The summed E-state index contributed by atoms with van der Waals surface area (Å²) in [6.07, 6.45) is 1.10. The van der Waals surface area contributed by atoms with Gasteiger partial charge in [-0.15, -0.1) is 6.54 Å². The van der Waals surface area contributed by atoms with E-state index in [0.717, 1.165) is 6.26 Å². The second kappa shape index (κ2) is 8.52. The predicted octanol–water partition coefficient (Wildman–Crippen LogP) is -0.614. The largest absolute Gasteiger partial charge is 1.00 e. The van der Waals surface area contributed by atoms with Gasteiger partial charge in [0.25, 0.3) is 0 Å². The molecule has 1 N–H and O–H groups in total. The predicted molar refractivity (Wildman–Crippen MR) is 68.6 cm³/mol. The quantitative estimate of drug-likeness (QED) is 0.562. The Morgan fingerprint density at radius 2 is 2.06 bits per heavy atom. The van der Waals surface area contributed by atoms with E-state index in [1.165, 1.54) is 0 Å². The van der Waals surface area contributed by atoms with Gasteiger partial charge in [-0.2, -0.15) is 0 Å². The Kier molecular flexibility index (Phi) is 8.69. The fourth-order valence-electron chi connectivity index (χ4n) is 1.09. The van der Waals surface area contributed by atoms with Crippen molar-refractivity contribution < 1.29 is 64.6 Å². The number of benzene rings is 1. The summed E-state index contributed by atoms with van der Waals surface area (Å²) < 4.78 is 24.5. The molecule has 0 fully saturated rings. The van der Waals surface area contributed by atoms with E-state index < -0.39 is 10.0 Å². The molecule has 0 radical (unpaired) electrons.